The fourth-order valence-electron chi connectivity index (χ4n) is 2.94. The van der Waals surface area contributed by atoms with Crippen LogP contribution in [0.25, 0.3) is 22.4 Å². The molecule has 1 N–H and O–H groups in total. The lowest BCUT2D eigenvalue weighted by atomic mass is 10.2. The SMILES string of the molecule is CCOC(=O)NCc1cc(-c2nc3ccc(F)cc3n2C2CC2)cnn1. The maximum absolute atomic E-state index is 13.7. The Bertz CT molecular complexity index is 967. The highest BCUT2D eigenvalue weighted by molar-refractivity contribution is 5.81. The monoisotopic (exact) mass is 355 g/mol. The third kappa shape index (κ3) is 3.22. The van der Waals surface area contributed by atoms with Gasteiger partial charge in [0.1, 0.15) is 11.6 Å². The number of hydrogen-bond donors (Lipinski definition) is 1. The summed E-state index contributed by atoms with van der Waals surface area (Å²) in [4.78, 5) is 16.1. The van der Waals surface area contributed by atoms with Crippen molar-refractivity contribution in [1.29, 1.82) is 0 Å². The maximum atomic E-state index is 13.7. The molecule has 1 aliphatic rings. The van der Waals surface area contributed by atoms with Gasteiger partial charge in [0.05, 0.1) is 36.1 Å². The Balaban J connectivity index is 1.68. The van der Waals surface area contributed by atoms with Crippen molar-refractivity contribution < 1.29 is 13.9 Å². The van der Waals surface area contributed by atoms with Crippen LogP contribution in [-0.4, -0.2) is 32.4 Å². The van der Waals surface area contributed by atoms with E-state index in [0.717, 1.165) is 35.3 Å². The number of fused-ring (bicyclic) bond motifs is 1. The average molecular weight is 355 g/mol. The molecule has 134 valence electrons. The zero-order valence-corrected chi connectivity index (χ0v) is 14.3. The van der Waals surface area contributed by atoms with Gasteiger partial charge in [-0.3, -0.25) is 0 Å². The van der Waals surface area contributed by atoms with E-state index in [9.17, 15) is 9.18 Å². The number of rotatable bonds is 5. The molecule has 3 aromatic rings. The second-order valence-corrected chi connectivity index (χ2v) is 6.18. The minimum Gasteiger partial charge on any atom is -0.450 e. The molecule has 0 atom stereocenters. The van der Waals surface area contributed by atoms with E-state index in [1.165, 1.54) is 12.1 Å². The first kappa shape index (κ1) is 16.4. The summed E-state index contributed by atoms with van der Waals surface area (Å²) in [5.41, 5.74) is 2.90. The number of halogens is 1. The quantitative estimate of drug-likeness (QED) is 0.760. The molecule has 0 unspecified atom stereocenters. The molecule has 0 spiro atoms. The second-order valence-electron chi connectivity index (χ2n) is 6.18. The van der Waals surface area contributed by atoms with E-state index in [1.54, 1.807) is 19.2 Å². The number of alkyl carbamates (subject to hydrolysis) is 1. The van der Waals surface area contributed by atoms with Crippen LogP contribution >= 0.6 is 0 Å². The molecule has 1 saturated carbocycles. The smallest absolute Gasteiger partial charge is 0.407 e. The van der Waals surface area contributed by atoms with Crippen LogP contribution in [-0.2, 0) is 11.3 Å². The summed E-state index contributed by atoms with van der Waals surface area (Å²) in [5.74, 6) is 0.457. The number of carbonyl (C=O) groups excluding carboxylic acids is 1. The summed E-state index contributed by atoms with van der Waals surface area (Å²) in [6, 6.07) is 6.77. The first-order valence-electron chi connectivity index (χ1n) is 8.56. The Kier molecular flexibility index (Phi) is 4.24. The molecule has 1 fully saturated rings. The van der Waals surface area contributed by atoms with Crippen molar-refractivity contribution in [1.82, 2.24) is 25.1 Å². The molecular formula is C18H18FN5O2. The van der Waals surface area contributed by atoms with Gasteiger partial charge in [-0.1, -0.05) is 0 Å². The summed E-state index contributed by atoms with van der Waals surface area (Å²) in [7, 11) is 0. The molecule has 7 nitrogen and oxygen atoms in total. The van der Waals surface area contributed by atoms with Crippen molar-refractivity contribution in [3.63, 3.8) is 0 Å². The van der Waals surface area contributed by atoms with Gasteiger partial charge in [-0.15, -0.1) is 0 Å². The van der Waals surface area contributed by atoms with Crippen LogP contribution < -0.4 is 5.32 Å². The van der Waals surface area contributed by atoms with Crippen molar-refractivity contribution in [2.24, 2.45) is 0 Å². The molecule has 2 heterocycles. The molecule has 0 bridgehead atoms. The molecule has 1 aliphatic carbocycles. The van der Waals surface area contributed by atoms with Crippen molar-refractivity contribution in [3.8, 4) is 11.4 Å². The lowest BCUT2D eigenvalue weighted by Gasteiger charge is -2.09. The number of benzene rings is 1. The van der Waals surface area contributed by atoms with E-state index < -0.39 is 6.09 Å². The molecule has 1 amide bonds. The highest BCUT2D eigenvalue weighted by atomic mass is 19.1. The number of hydrogen-bond acceptors (Lipinski definition) is 5. The van der Waals surface area contributed by atoms with E-state index in [2.05, 4.69) is 25.1 Å². The van der Waals surface area contributed by atoms with Crippen LogP contribution in [0.15, 0.2) is 30.5 Å². The number of aromatic nitrogens is 4. The first-order valence-corrected chi connectivity index (χ1v) is 8.56. The van der Waals surface area contributed by atoms with Gasteiger partial charge in [-0.25, -0.2) is 14.2 Å². The highest BCUT2D eigenvalue weighted by Gasteiger charge is 2.29. The third-order valence-electron chi connectivity index (χ3n) is 4.22. The minimum absolute atomic E-state index is 0.206. The van der Waals surface area contributed by atoms with E-state index in [1.807, 2.05) is 6.07 Å². The number of imidazole rings is 1. The largest absolute Gasteiger partial charge is 0.450 e. The number of amides is 1. The van der Waals surface area contributed by atoms with Gasteiger partial charge < -0.3 is 14.6 Å². The molecular weight excluding hydrogens is 337 g/mol. The highest BCUT2D eigenvalue weighted by Crippen LogP contribution is 2.41. The van der Waals surface area contributed by atoms with Crippen LogP contribution in [0, 0.1) is 5.82 Å². The minimum atomic E-state index is -0.500. The predicted molar refractivity (Wildman–Crippen MR) is 92.8 cm³/mol. The maximum Gasteiger partial charge on any atom is 0.407 e. The van der Waals surface area contributed by atoms with Crippen LogP contribution in [0.3, 0.4) is 0 Å². The summed E-state index contributed by atoms with van der Waals surface area (Å²) >= 11 is 0. The topological polar surface area (TPSA) is 81.9 Å². The predicted octanol–water partition coefficient (Wildman–Crippen LogP) is 3.21. The van der Waals surface area contributed by atoms with E-state index in [4.69, 9.17) is 4.74 Å². The molecule has 4 rings (SSSR count). The van der Waals surface area contributed by atoms with Gasteiger partial charge in [0.15, 0.2) is 0 Å². The van der Waals surface area contributed by atoms with E-state index in [-0.39, 0.29) is 12.4 Å². The zero-order chi connectivity index (χ0) is 18.1. The van der Waals surface area contributed by atoms with Gasteiger partial charge in [0, 0.05) is 11.6 Å². The standard InChI is InChI=1S/C18H18FN5O2/c1-2-26-18(25)20-10-13-7-11(9-21-23-13)17-22-15-6-3-12(19)8-16(15)24(17)14-4-5-14/h3,6-9,14H,2,4-5,10H2,1H3,(H,20,25). The molecule has 1 aromatic carbocycles. The number of carbonyl (C=O) groups is 1. The van der Waals surface area contributed by atoms with Crippen molar-refractivity contribution >= 4 is 17.1 Å². The van der Waals surface area contributed by atoms with Crippen molar-refractivity contribution in [3.05, 3.63) is 42.0 Å². The lowest BCUT2D eigenvalue weighted by Crippen LogP contribution is -2.24. The molecule has 0 saturated heterocycles. The van der Waals surface area contributed by atoms with Crippen LogP contribution in [0.4, 0.5) is 9.18 Å². The Morgan fingerprint density at radius 3 is 3.00 bits per heavy atom. The number of nitrogens with zero attached hydrogens (tertiary/aromatic N) is 4. The van der Waals surface area contributed by atoms with Gasteiger partial charge >= 0.3 is 6.09 Å². The Morgan fingerprint density at radius 2 is 2.23 bits per heavy atom. The van der Waals surface area contributed by atoms with Gasteiger partial charge in [-0.05, 0) is 44.0 Å². The fourth-order valence-corrected chi connectivity index (χ4v) is 2.94. The normalized spacial score (nSPS) is 13.8. The number of ether oxygens (including phenoxy) is 1. The summed E-state index contributed by atoms with van der Waals surface area (Å²) in [5, 5.41) is 10.7. The molecule has 0 radical (unpaired) electrons. The average Bonchev–Trinajstić information content (AvgIpc) is 3.41. The fraction of sp³-hybridized carbons (Fsp3) is 0.333. The van der Waals surface area contributed by atoms with Crippen LogP contribution in [0.2, 0.25) is 0 Å². The zero-order valence-electron chi connectivity index (χ0n) is 14.3. The van der Waals surface area contributed by atoms with Crippen molar-refractivity contribution in [2.45, 2.75) is 32.4 Å². The summed E-state index contributed by atoms with van der Waals surface area (Å²) in [6.45, 7) is 2.25. The van der Waals surface area contributed by atoms with E-state index in [0.29, 0.717) is 18.3 Å². The van der Waals surface area contributed by atoms with Gasteiger partial charge in [0.2, 0.25) is 0 Å². The van der Waals surface area contributed by atoms with Crippen LogP contribution in [0.5, 0.6) is 0 Å². The van der Waals surface area contributed by atoms with Crippen molar-refractivity contribution in [2.75, 3.05) is 6.61 Å². The molecule has 8 heteroatoms. The Morgan fingerprint density at radius 1 is 1.38 bits per heavy atom. The Labute approximate surface area is 149 Å². The van der Waals surface area contributed by atoms with Crippen LogP contribution in [0.1, 0.15) is 31.5 Å². The first-order chi connectivity index (χ1) is 12.7. The molecule has 0 aliphatic heterocycles. The Hall–Kier alpha value is -3.03. The lowest BCUT2D eigenvalue weighted by molar-refractivity contribution is 0.151. The third-order valence-corrected chi connectivity index (χ3v) is 4.22. The summed E-state index contributed by atoms with van der Waals surface area (Å²) in [6.07, 6.45) is 3.22. The van der Waals surface area contributed by atoms with Gasteiger partial charge in [-0.2, -0.15) is 10.2 Å². The van der Waals surface area contributed by atoms with Gasteiger partial charge in [0.25, 0.3) is 0 Å². The number of nitrogens with one attached hydrogen (secondary N) is 1. The second kappa shape index (κ2) is 6.70. The molecule has 2 aromatic heterocycles. The summed E-state index contributed by atoms with van der Waals surface area (Å²) < 4.78 is 20.6. The molecule has 26 heavy (non-hydrogen) atoms. The van der Waals surface area contributed by atoms with E-state index >= 15 is 0 Å².